The normalized spacial score (nSPS) is 15.3. The molecule has 0 unspecified atom stereocenters. The molecule has 6 heteroatoms. The van der Waals surface area contributed by atoms with Crippen molar-refractivity contribution in [3.05, 3.63) is 58.5 Å². The predicted molar refractivity (Wildman–Crippen MR) is 109 cm³/mol. The highest BCUT2D eigenvalue weighted by Crippen LogP contribution is 2.19. The van der Waals surface area contributed by atoms with Crippen molar-refractivity contribution in [1.82, 2.24) is 19.9 Å². The molecule has 1 amide bonds. The lowest BCUT2D eigenvalue weighted by Gasteiger charge is -2.16. The van der Waals surface area contributed by atoms with Gasteiger partial charge < -0.3 is 5.32 Å². The second-order valence-corrected chi connectivity index (χ2v) is 7.41. The summed E-state index contributed by atoms with van der Waals surface area (Å²) in [6.45, 7) is 0. The molecule has 0 atom stereocenters. The molecule has 144 valence electrons. The maximum absolute atomic E-state index is 12.7. The van der Waals surface area contributed by atoms with Crippen LogP contribution in [0.2, 0.25) is 0 Å². The first-order valence-electron chi connectivity index (χ1n) is 9.86. The number of aryl methyl sites for hydroxylation is 1. The molecule has 1 fully saturated rings. The van der Waals surface area contributed by atoms with E-state index in [-0.39, 0.29) is 17.5 Å². The number of carbonyl (C=O) groups excluding carboxylic acids is 1. The molecule has 0 bridgehead atoms. The summed E-state index contributed by atoms with van der Waals surface area (Å²) in [5.74, 6) is -0.0537. The lowest BCUT2D eigenvalue weighted by Crippen LogP contribution is -2.34. The Labute approximate surface area is 163 Å². The molecule has 3 aromatic rings. The lowest BCUT2D eigenvalue weighted by molar-refractivity contribution is 0.0933. The van der Waals surface area contributed by atoms with Gasteiger partial charge in [0, 0.05) is 30.4 Å². The van der Waals surface area contributed by atoms with Gasteiger partial charge in [-0.1, -0.05) is 37.8 Å². The van der Waals surface area contributed by atoms with Crippen molar-refractivity contribution in [2.75, 3.05) is 0 Å². The molecule has 1 N–H and O–H groups in total. The highest BCUT2D eigenvalue weighted by Gasteiger charge is 2.16. The highest BCUT2D eigenvalue weighted by molar-refractivity contribution is 5.94. The number of amides is 1. The van der Waals surface area contributed by atoms with E-state index < -0.39 is 0 Å². The van der Waals surface area contributed by atoms with Crippen LogP contribution in [-0.2, 0) is 7.05 Å². The van der Waals surface area contributed by atoms with E-state index in [1.54, 1.807) is 43.6 Å². The Morgan fingerprint density at radius 2 is 1.79 bits per heavy atom. The number of hydrogen-bond donors (Lipinski definition) is 1. The molecule has 1 aromatic carbocycles. The van der Waals surface area contributed by atoms with E-state index in [9.17, 15) is 9.59 Å². The molecule has 2 aromatic heterocycles. The third-order valence-corrected chi connectivity index (χ3v) is 5.43. The highest BCUT2D eigenvalue weighted by atomic mass is 16.1. The minimum absolute atomic E-state index is 0.0537. The van der Waals surface area contributed by atoms with Gasteiger partial charge in [-0.25, -0.2) is 9.97 Å². The summed E-state index contributed by atoms with van der Waals surface area (Å²) in [4.78, 5) is 34.0. The Hall–Kier alpha value is -3.02. The molecule has 0 spiro atoms. The van der Waals surface area contributed by atoms with Crippen LogP contribution in [0.3, 0.4) is 0 Å². The molecule has 0 aliphatic heterocycles. The average molecular weight is 376 g/mol. The first-order chi connectivity index (χ1) is 13.6. The number of nitrogens with zero attached hydrogens (tertiary/aromatic N) is 3. The van der Waals surface area contributed by atoms with Crippen LogP contribution in [0.5, 0.6) is 0 Å². The van der Waals surface area contributed by atoms with Gasteiger partial charge in [-0.15, -0.1) is 0 Å². The summed E-state index contributed by atoms with van der Waals surface area (Å²) >= 11 is 0. The molecule has 4 rings (SSSR count). The Morgan fingerprint density at radius 1 is 1.07 bits per heavy atom. The van der Waals surface area contributed by atoms with Gasteiger partial charge in [0.15, 0.2) is 5.65 Å². The lowest BCUT2D eigenvalue weighted by atomic mass is 10.1. The van der Waals surface area contributed by atoms with Gasteiger partial charge in [0.05, 0.1) is 0 Å². The van der Waals surface area contributed by atoms with Crippen LogP contribution in [0.25, 0.3) is 22.4 Å². The second kappa shape index (κ2) is 7.92. The van der Waals surface area contributed by atoms with Crippen molar-refractivity contribution in [2.45, 2.75) is 44.6 Å². The fourth-order valence-electron chi connectivity index (χ4n) is 3.82. The molecular formula is C22H24N4O2. The van der Waals surface area contributed by atoms with E-state index in [2.05, 4.69) is 15.3 Å². The quantitative estimate of drug-likeness (QED) is 0.710. The van der Waals surface area contributed by atoms with Crippen LogP contribution in [-0.4, -0.2) is 26.5 Å². The third-order valence-electron chi connectivity index (χ3n) is 5.43. The molecule has 2 heterocycles. The summed E-state index contributed by atoms with van der Waals surface area (Å²) in [5, 5.41) is 3.15. The fourth-order valence-corrected chi connectivity index (χ4v) is 3.82. The number of aromatic nitrogens is 3. The Bertz CT molecular complexity index is 1050. The van der Waals surface area contributed by atoms with Crippen molar-refractivity contribution in [1.29, 1.82) is 0 Å². The minimum atomic E-state index is -0.207. The Morgan fingerprint density at radius 3 is 2.50 bits per heavy atom. The second-order valence-electron chi connectivity index (χ2n) is 7.41. The van der Waals surface area contributed by atoms with Crippen LogP contribution in [0.4, 0.5) is 0 Å². The van der Waals surface area contributed by atoms with E-state index in [1.807, 2.05) is 6.07 Å². The summed E-state index contributed by atoms with van der Waals surface area (Å²) in [6.07, 6.45) is 8.61. The predicted octanol–water partition coefficient (Wildman–Crippen LogP) is 3.45. The van der Waals surface area contributed by atoms with Gasteiger partial charge in [-0.2, -0.15) is 0 Å². The maximum Gasteiger partial charge on any atom is 0.278 e. The average Bonchev–Trinajstić information content (AvgIpc) is 2.99. The zero-order valence-electron chi connectivity index (χ0n) is 16.0. The van der Waals surface area contributed by atoms with Crippen molar-refractivity contribution in [3.63, 3.8) is 0 Å². The first-order valence-corrected chi connectivity index (χ1v) is 9.86. The summed E-state index contributed by atoms with van der Waals surface area (Å²) in [7, 11) is 1.69. The maximum atomic E-state index is 12.7. The molecule has 1 saturated carbocycles. The van der Waals surface area contributed by atoms with Crippen LogP contribution >= 0.6 is 0 Å². The van der Waals surface area contributed by atoms with E-state index >= 15 is 0 Å². The number of fused-ring (bicyclic) bond motifs is 1. The van der Waals surface area contributed by atoms with Gasteiger partial charge in [0.1, 0.15) is 11.2 Å². The van der Waals surface area contributed by atoms with Gasteiger partial charge >= 0.3 is 0 Å². The monoisotopic (exact) mass is 376 g/mol. The molecular weight excluding hydrogens is 352 g/mol. The zero-order chi connectivity index (χ0) is 19.5. The van der Waals surface area contributed by atoms with Gasteiger partial charge in [0.2, 0.25) is 0 Å². The molecule has 28 heavy (non-hydrogen) atoms. The van der Waals surface area contributed by atoms with E-state index in [1.165, 1.54) is 30.3 Å². The van der Waals surface area contributed by atoms with Gasteiger partial charge in [0.25, 0.3) is 11.5 Å². The van der Waals surface area contributed by atoms with Gasteiger partial charge in [-0.05, 0) is 37.1 Å². The Balaban J connectivity index is 1.58. The summed E-state index contributed by atoms with van der Waals surface area (Å²) in [6, 6.07) is 11.0. The van der Waals surface area contributed by atoms with Crippen molar-refractivity contribution in [3.8, 4) is 11.3 Å². The van der Waals surface area contributed by atoms with Crippen LogP contribution in [0.15, 0.2) is 47.4 Å². The van der Waals surface area contributed by atoms with Crippen molar-refractivity contribution in [2.24, 2.45) is 7.05 Å². The topological polar surface area (TPSA) is 76.9 Å². The number of rotatable bonds is 3. The van der Waals surface area contributed by atoms with Crippen molar-refractivity contribution < 1.29 is 4.79 Å². The number of benzene rings is 1. The minimum Gasteiger partial charge on any atom is -0.349 e. The molecule has 1 aliphatic carbocycles. The summed E-state index contributed by atoms with van der Waals surface area (Å²) in [5.41, 5.74) is 2.66. The Kier molecular flexibility index (Phi) is 5.19. The van der Waals surface area contributed by atoms with Gasteiger partial charge in [-0.3, -0.25) is 14.2 Å². The smallest absolute Gasteiger partial charge is 0.278 e. The number of pyridine rings is 1. The number of carbonyl (C=O) groups is 1. The molecule has 0 saturated heterocycles. The number of nitrogens with one attached hydrogen (secondary N) is 1. The van der Waals surface area contributed by atoms with Crippen LogP contribution in [0, 0.1) is 0 Å². The van der Waals surface area contributed by atoms with Crippen LogP contribution < -0.4 is 10.9 Å². The molecule has 6 nitrogen and oxygen atoms in total. The van der Waals surface area contributed by atoms with Crippen molar-refractivity contribution >= 4 is 17.1 Å². The van der Waals surface area contributed by atoms with E-state index in [0.29, 0.717) is 28.0 Å². The zero-order valence-corrected chi connectivity index (χ0v) is 16.0. The largest absolute Gasteiger partial charge is 0.349 e. The summed E-state index contributed by atoms with van der Waals surface area (Å²) < 4.78 is 1.50. The molecule has 0 radical (unpaired) electrons. The van der Waals surface area contributed by atoms with Crippen LogP contribution in [0.1, 0.15) is 48.9 Å². The first kappa shape index (κ1) is 18.3. The molecule has 1 aliphatic rings. The standard InChI is InChI=1S/C22H24N4O2/c1-26-20-18(9-6-14-23-20)25-19(22(26)28)15-10-12-16(13-11-15)21(27)24-17-7-4-2-3-5-8-17/h6,9-14,17H,2-5,7-8H2,1H3,(H,24,27). The van der Waals surface area contributed by atoms with E-state index in [0.717, 1.165) is 12.8 Å². The number of hydrogen-bond acceptors (Lipinski definition) is 4. The van der Waals surface area contributed by atoms with E-state index in [4.69, 9.17) is 0 Å². The SMILES string of the molecule is Cn1c(=O)c(-c2ccc(C(=O)NC3CCCCCC3)cc2)nc2cccnc21. The fraction of sp³-hybridized carbons (Fsp3) is 0.364. The third kappa shape index (κ3) is 3.67.